The second kappa shape index (κ2) is 7.07. The van der Waals surface area contributed by atoms with E-state index in [1.807, 2.05) is 13.0 Å². The van der Waals surface area contributed by atoms with Crippen LogP contribution < -0.4 is 10.3 Å². The summed E-state index contributed by atoms with van der Waals surface area (Å²) >= 11 is 18.0. The molecule has 0 saturated heterocycles. The van der Waals surface area contributed by atoms with E-state index in [2.05, 4.69) is 10.4 Å². The summed E-state index contributed by atoms with van der Waals surface area (Å²) in [5, 5.41) is 8.21. The topological polar surface area (TPSA) is 61.8 Å². The molecule has 8 heteroatoms. The number of nitrogens with zero attached hydrogens (tertiary/aromatic N) is 2. The van der Waals surface area contributed by atoms with E-state index in [0.717, 1.165) is 0 Å². The molecule has 1 aromatic carbocycles. The maximum Gasteiger partial charge on any atom is 0.258 e. The molecule has 1 aliphatic heterocycles. The van der Waals surface area contributed by atoms with Gasteiger partial charge in [0.1, 0.15) is 5.92 Å². The van der Waals surface area contributed by atoms with Crippen LogP contribution in [0.3, 0.4) is 0 Å². The van der Waals surface area contributed by atoms with Crippen molar-refractivity contribution in [2.75, 3.05) is 5.01 Å². The Labute approximate surface area is 149 Å². The van der Waals surface area contributed by atoms with Gasteiger partial charge in [0.2, 0.25) is 9.70 Å². The van der Waals surface area contributed by atoms with E-state index in [-0.39, 0.29) is 11.8 Å². The molecule has 2 atom stereocenters. The Morgan fingerprint density at radius 2 is 1.96 bits per heavy atom. The van der Waals surface area contributed by atoms with Gasteiger partial charge in [0, 0.05) is 6.92 Å². The van der Waals surface area contributed by atoms with Crippen LogP contribution in [0.15, 0.2) is 35.4 Å². The first kappa shape index (κ1) is 18.0. The first-order chi connectivity index (χ1) is 10.8. The molecule has 0 aliphatic carbocycles. The van der Waals surface area contributed by atoms with Crippen LogP contribution in [0.4, 0.5) is 5.69 Å². The molecule has 1 N–H and O–H groups in total. The maximum atomic E-state index is 12.8. The lowest BCUT2D eigenvalue weighted by atomic mass is 9.93. The molecule has 0 fully saturated rings. The van der Waals surface area contributed by atoms with Crippen molar-refractivity contribution in [3.8, 4) is 0 Å². The smallest absolute Gasteiger partial charge is 0.258 e. The van der Waals surface area contributed by atoms with Crippen LogP contribution in [0, 0.1) is 5.92 Å². The third kappa shape index (κ3) is 3.97. The van der Waals surface area contributed by atoms with Crippen molar-refractivity contribution < 1.29 is 9.59 Å². The molecule has 1 aromatic rings. The predicted molar refractivity (Wildman–Crippen MR) is 93.0 cm³/mol. The molecular formula is C15H16Cl3N3O2. The number of para-hydroxylation sites is 1. The van der Waals surface area contributed by atoms with Crippen molar-refractivity contribution in [3.05, 3.63) is 30.3 Å². The molecule has 0 spiro atoms. The molecule has 23 heavy (non-hydrogen) atoms. The average molecular weight is 377 g/mol. The number of hydrogen-bond donors (Lipinski definition) is 1. The quantitative estimate of drug-likeness (QED) is 0.820. The summed E-state index contributed by atoms with van der Waals surface area (Å²) in [6.07, 6.45) is 0.497. The molecule has 0 unspecified atom stereocenters. The van der Waals surface area contributed by atoms with Crippen LogP contribution in [-0.2, 0) is 9.59 Å². The molecule has 0 radical (unpaired) electrons. The fourth-order valence-electron chi connectivity index (χ4n) is 2.47. The molecule has 1 heterocycles. The Kier molecular flexibility index (Phi) is 5.55. The van der Waals surface area contributed by atoms with Crippen molar-refractivity contribution in [2.45, 2.75) is 30.1 Å². The Morgan fingerprint density at radius 1 is 1.35 bits per heavy atom. The fraction of sp³-hybridized carbons (Fsp3) is 0.400. The molecule has 2 amide bonds. The van der Waals surface area contributed by atoms with Crippen molar-refractivity contribution in [1.29, 1.82) is 0 Å². The van der Waals surface area contributed by atoms with E-state index in [0.29, 0.717) is 17.8 Å². The number of hydrogen-bond acceptors (Lipinski definition) is 3. The highest BCUT2D eigenvalue weighted by atomic mass is 35.6. The standard InChI is InChI=1S/C15H16Cl3N3O2/c1-3-11-12(13(15(16,17)18)19-9(2)22)14(23)21(20-11)10-7-5-4-6-8-10/h4-8,12-13H,3H2,1-2H3,(H,19,22)/t12-,13+/m1/s1. The maximum absolute atomic E-state index is 12.8. The Bertz CT molecular complexity index is 629. The summed E-state index contributed by atoms with van der Waals surface area (Å²) in [5.41, 5.74) is 1.18. The van der Waals surface area contributed by atoms with Crippen LogP contribution in [0.2, 0.25) is 0 Å². The number of amides is 2. The van der Waals surface area contributed by atoms with Gasteiger partial charge in [-0.2, -0.15) is 5.10 Å². The molecule has 0 aromatic heterocycles. The minimum Gasteiger partial charge on any atom is -0.348 e. The second-order valence-electron chi connectivity index (χ2n) is 5.13. The minimum atomic E-state index is -1.84. The van der Waals surface area contributed by atoms with Gasteiger partial charge in [0.15, 0.2) is 0 Å². The first-order valence-corrected chi connectivity index (χ1v) is 8.19. The fourth-order valence-corrected chi connectivity index (χ4v) is 3.01. The van der Waals surface area contributed by atoms with E-state index in [1.165, 1.54) is 11.9 Å². The number of benzene rings is 1. The van der Waals surface area contributed by atoms with Gasteiger partial charge in [0.05, 0.1) is 17.4 Å². The van der Waals surface area contributed by atoms with E-state index < -0.39 is 15.8 Å². The Balaban J connectivity index is 2.40. The predicted octanol–water partition coefficient (Wildman–Crippen LogP) is 3.29. The number of alkyl halides is 3. The third-order valence-corrected chi connectivity index (χ3v) is 4.18. The highest BCUT2D eigenvalue weighted by Gasteiger charge is 2.49. The minimum absolute atomic E-state index is 0.335. The summed E-state index contributed by atoms with van der Waals surface area (Å²) in [6, 6.07) is 7.98. The van der Waals surface area contributed by atoms with E-state index in [1.54, 1.807) is 24.3 Å². The molecule has 124 valence electrons. The normalized spacial score (nSPS) is 19.5. The number of carbonyl (C=O) groups is 2. The number of carbonyl (C=O) groups excluding carboxylic acids is 2. The molecule has 0 saturated carbocycles. The number of anilines is 1. The summed E-state index contributed by atoms with van der Waals surface area (Å²) in [7, 11) is 0. The van der Waals surface area contributed by atoms with Gasteiger partial charge in [-0.05, 0) is 18.6 Å². The second-order valence-corrected chi connectivity index (χ2v) is 7.50. The van der Waals surface area contributed by atoms with E-state index in [4.69, 9.17) is 34.8 Å². The lowest BCUT2D eigenvalue weighted by molar-refractivity contribution is -0.122. The van der Waals surface area contributed by atoms with Crippen LogP contribution in [0.1, 0.15) is 20.3 Å². The van der Waals surface area contributed by atoms with Crippen molar-refractivity contribution in [2.24, 2.45) is 11.0 Å². The zero-order chi connectivity index (χ0) is 17.2. The van der Waals surface area contributed by atoms with Gasteiger partial charge in [-0.1, -0.05) is 59.9 Å². The van der Waals surface area contributed by atoms with Gasteiger partial charge < -0.3 is 5.32 Å². The number of rotatable bonds is 4. The SMILES string of the molecule is CCC1=NN(c2ccccc2)C(=O)[C@H]1[C@H](NC(C)=O)C(Cl)(Cl)Cl. The van der Waals surface area contributed by atoms with Crippen LogP contribution in [-0.4, -0.2) is 27.4 Å². The van der Waals surface area contributed by atoms with Crippen LogP contribution in [0.25, 0.3) is 0 Å². The van der Waals surface area contributed by atoms with Gasteiger partial charge in [-0.3, -0.25) is 9.59 Å². The lowest BCUT2D eigenvalue weighted by Crippen LogP contribution is -2.53. The molecule has 1 aliphatic rings. The molecule has 5 nitrogen and oxygen atoms in total. The van der Waals surface area contributed by atoms with Gasteiger partial charge in [0.25, 0.3) is 5.91 Å². The van der Waals surface area contributed by atoms with Crippen molar-refractivity contribution in [1.82, 2.24) is 5.32 Å². The monoisotopic (exact) mass is 375 g/mol. The highest BCUT2D eigenvalue weighted by molar-refractivity contribution is 6.68. The van der Waals surface area contributed by atoms with Gasteiger partial charge >= 0.3 is 0 Å². The van der Waals surface area contributed by atoms with Gasteiger partial charge in [-0.25, -0.2) is 5.01 Å². The zero-order valence-corrected chi connectivity index (χ0v) is 14.9. The van der Waals surface area contributed by atoms with Crippen molar-refractivity contribution >= 4 is 58.0 Å². The largest absolute Gasteiger partial charge is 0.348 e. The van der Waals surface area contributed by atoms with E-state index >= 15 is 0 Å². The molecular weight excluding hydrogens is 361 g/mol. The Hall–Kier alpha value is -1.30. The Morgan fingerprint density at radius 3 is 2.43 bits per heavy atom. The van der Waals surface area contributed by atoms with Crippen LogP contribution >= 0.6 is 34.8 Å². The number of halogens is 3. The summed E-state index contributed by atoms with van der Waals surface area (Å²) in [5.74, 6) is -1.54. The zero-order valence-electron chi connectivity index (χ0n) is 12.6. The summed E-state index contributed by atoms with van der Waals surface area (Å²) in [4.78, 5) is 24.3. The lowest BCUT2D eigenvalue weighted by Gasteiger charge is -2.30. The van der Waals surface area contributed by atoms with Crippen molar-refractivity contribution in [3.63, 3.8) is 0 Å². The first-order valence-electron chi connectivity index (χ1n) is 7.06. The molecule has 0 bridgehead atoms. The summed E-state index contributed by atoms with van der Waals surface area (Å²) in [6.45, 7) is 3.16. The highest BCUT2D eigenvalue weighted by Crippen LogP contribution is 2.38. The third-order valence-electron chi connectivity index (χ3n) is 3.47. The van der Waals surface area contributed by atoms with Gasteiger partial charge in [-0.15, -0.1) is 0 Å². The average Bonchev–Trinajstić information content (AvgIpc) is 2.81. The number of hydrazone groups is 1. The van der Waals surface area contributed by atoms with E-state index in [9.17, 15) is 9.59 Å². The summed E-state index contributed by atoms with van der Waals surface area (Å²) < 4.78 is -1.84. The number of nitrogens with one attached hydrogen (secondary N) is 1. The molecule has 2 rings (SSSR count). The van der Waals surface area contributed by atoms with Crippen LogP contribution in [0.5, 0.6) is 0 Å².